The summed E-state index contributed by atoms with van der Waals surface area (Å²) in [4.78, 5) is 4.52. The van der Waals surface area contributed by atoms with Gasteiger partial charge in [-0.3, -0.25) is 0 Å². The van der Waals surface area contributed by atoms with Crippen LogP contribution in [-0.4, -0.2) is 57.2 Å². The third kappa shape index (κ3) is 7.09. The number of nitrogens with zero attached hydrogens (tertiary/aromatic N) is 1. The smallest absolute Gasteiger partial charge is 0.191 e. The van der Waals surface area contributed by atoms with E-state index in [0.29, 0.717) is 31.5 Å². The zero-order valence-electron chi connectivity index (χ0n) is 15.8. The average Bonchev–Trinajstić information content (AvgIpc) is 3.17. The Labute approximate surface area is 155 Å². The number of guanidine groups is 1. The molecule has 1 aliphatic rings. The van der Waals surface area contributed by atoms with Gasteiger partial charge in [0.1, 0.15) is 11.5 Å². The molecule has 146 valence electrons. The Morgan fingerprint density at radius 1 is 1.38 bits per heavy atom. The van der Waals surface area contributed by atoms with E-state index in [1.807, 2.05) is 6.92 Å². The fraction of sp³-hybridized carbons (Fsp3) is 0.632. The molecule has 0 aliphatic carbocycles. The van der Waals surface area contributed by atoms with Crippen LogP contribution >= 0.6 is 0 Å². The van der Waals surface area contributed by atoms with E-state index in [-0.39, 0.29) is 11.9 Å². The minimum atomic E-state index is 0.216. The monoisotopic (exact) mass is 365 g/mol. The highest BCUT2D eigenvalue weighted by Gasteiger charge is 2.14. The maximum atomic E-state index is 9.94. The first-order chi connectivity index (χ1) is 12.7. The molecule has 1 fully saturated rings. The number of nitrogens with one attached hydrogen (secondary N) is 2. The van der Waals surface area contributed by atoms with Crippen molar-refractivity contribution in [2.75, 3.05) is 40.0 Å². The van der Waals surface area contributed by atoms with Crippen molar-refractivity contribution in [1.82, 2.24) is 10.6 Å². The molecule has 1 aromatic carbocycles. The van der Waals surface area contributed by atoms with Crippen LogP contribution in [0.2, 0.25) is 0 Å². The number of phenols is 1. The lowest BCUT2D eigenvalue weighted by Gasteiger charge is -2.13. The first-order valence-corrected chi connectivity index (χ1v) is 9.30. The summed E-state index contributed by atoms with van der Waals surface area (Å²) in [7, 11) is 1.60. The van der Waals surface area contributed by atoms with E-state index >= 15 is 0 Å². The van der Waals surface area contributed by atoms with Gasteiger partial charge in [-0.05, 0) is 44.4 Å². The Kier molecular flexibility index (Phi) is 9.06. The molecule has 0 bridgehead atoms. The Hall–Kier alpha value is -1.99. The zero-order valence-corrected chi connectivity index (χ0v) is 15.8. The predicted molar refractivity (Wildman–Crippen MR) is 102 cm³/mol. The molecule has 1 unspecified atom stereocenters. The van der Waals surface area contributed by atoms with Crippen molar-refractivity contribution in [1.29, 1.82) is 0 Å². The van der Waals surface area contributed by atoms with Crippen molar-refractivity contribution in [2.45, 2.75) is 38.8 Å². The fourth-order valence-electron chi connectivity index (χ4n) is 2.69. The molecular weight excluding hydrogens is 334 g/mol. The van der Waals surface area contributed by atoms with Crippen LogP contribution in [0, 0.1) is 0 Å². The SMILES string of the molecule is CCNC(=NCc1cc(OC)ccc1O)NCCCOCC1CCCO1. The highest BCUT2D eigenvalue weighted by Crippen LogP contribution is 2.23. The number of rotatable bonds is 10. The number of hydrogen-bond donors (Lipinski definition) is 3. The zero-order chi connectivity index (χ0) is 18.6. The van der Waals surface area contributed by atoms with E-state index in [1.165, 1.54) is 0 Å². The molecule has 0 amide bonds. The van der Waals surface area contributed by atoms with Crippen molar-refractivity contribution in [3.63, 3.8) is 0 Å². The summed E-state index contributed by atoms with van der Waals surface area (Å²) in [6.07, 6.45) is 3.41. The summed E-state index contributed by atoms with van der Waals surface area (Å²) in [6.45, 7) is 6.17. The summed E-state index contributed by atoms with van der Waals surface area (Å²) >= 11 is 0. The molecule has 0 saturated carbocycles. The first-order valence-electron chi connectivity index (χ1n) is 9.30. The number of aromatic hydroxyl groups is 1. The largest absolute Gasteiger partial charge is 0.508 e. The van der Waals surface area contributed by atoms with Crippen molar-refractivity contribution in [3.05, 3.63) is 23.8 Å². The third-order valence-corrected chi connectivity index (χ3v) is 4.12. The number of hydrogen-bond acceptors (Lipinski definition) is 5. The van der Waals surface area contributed by atoms with Gasteiger partial charge >= 0.3 is 0 Å². The van der Waals surface area contributed by atoms with Crippen LogP contribution in [0.5, 0.6) is 11.5 Å². The molecule has 2 rings (SSSR count). The van der Waals surface area contributed by atoms with E-state index in [1.54, 1.807) is 25.3 Å². The van der Waals surface area contributed by atoms with Crippen molar-refractivity contribution < 1.29 is 19.3 Å². The lowest BCUT2D eigenvalue weighted by Crippen LogP contribution is -2.38. The summed E-state index contributed by atoms with van der Waals surface area (Å²) < 4.78 is 16.4. The Morgan fingerprint density at radius 2 is 2.27 bits per heavy atom. The molecule has 0 spiro atoms. The first kappa shape index (κ1) is 20.3. The summed E-state index contributed by atoms with van der Waals surface area (Å²) in [5.74, 6) is 1.64. The second-order valence-electron chi connectivity index (χ2n) is 6.18. The van der Waals surface area contributed by atoms with E-state index in [0.717, 1.165) is 44.5 Å². The standard InChI is InChI=1S/C19H31N3O4/c1-3-20-19(21-9-5-10-25-14-17-6-4-11-26-17)22-13-15-12-16(24-2)7-8-18(15)23/h7-8,12,17,23H,3-6,9-11,13-14H2,1-2H3,(H2,20,21,22). The average molecular weight is 365 g/mol. The number of methoxy groups -OCH3 is 1. The van der Waals surface area contributed by atoms with Gasteiger partial charge < -0.3 is 30.0 Å². The number of benzene rings is 1. The van der Waals surface area contributed by atoms with Crippen LogP contribution in [0.1, 0.15) is 31.7 Å². The highest BCUT2D eigenvalue weighted by molar-refractivity contribution is 5.79. The molecule has 26 heavy (non-hydrogen) atoms. The maximum absolute atomic E-state index is 9.94. The second kappa shape index (κ2) is 11.6. The second-order valence-corrected chi connectivity index (χ2v) is 6.18. The number of aliphatic imine (C=N–C) groups is 1. The van der Waals surface area contributed by atoms with Crippen LogP contribution in [0.4, 0.5) is 0 Å². The molecule has 1 atom stereocenters. The van der Waals surface area contributed by atoms with Gasteiger partial charge in [-0.1, -0.05) is 0 Å². The van der Waals surface area contributed by atoms with E-state index in [9.17, 15) is 5.11 Å². The molecular formula is C19H31N3O4. The van der Waals surface area contributed by atoms with Gasteiger partial charge in [-0.15, -0.1) is 0 Å². The Bertz CT molecular complexity index is 560. The van der Waals surface area contributed by atoms with E-state index in [2.05, 4.69) is 15.6 Å². The van der Waals surface area contributed by atoms with Gasteiger partial charge in [0.2, 0.25) is 0 Å². The summed E-state index contributed by atoms with van der Waals surface area (Å²) in [5.41, 5.74) is 0.724. The number of phenolic OH excluding ortho intramolecular Hbond substituents is 1. The summed E-state index contributed by atoms with van der Waals surface area (Å²) in [6, 6.07) is 5.14. The lowest BCUT2D eigenvalue weighted by atomic mass is 10.2. The number of ether oxygens (including phenoxy) is 3. The normalized spacial score (nSPS) is 17.3. The van der Waals surface area contributed by atoms with E-state index in [4.69, 9.17) is 14.2 Å². The highest BCUT2D eigenvalue weighted by atomic mass is 16.5. The van der Waals surface area contributed by atoms with Crippen molar-refractivity contribution in [2.24, 2.45) is 4.99 Å². The quantitative estimate of drug-likeness (QED) is 0.334. The molecule has 3 N–H and O–H groups in total. The molecule has 1 saturated heterocycles. The van der Waals surface area contributed by atoms with Gasteiger partial charge in [0, 0.05) is 31.9 Å². The van der Waals surface area contributed by atoms with Gasteiger partial charge in [0.05, 0.1) is 26.4 Å². The van der Waals surface area contributed by atoms with Crippen LogP contribution in [0.15, 0.2) is 23.2 Å². The molecule has 1 aromatic rings. The topological polar surface area (TPSA) is 84.3 Å². The van der Waals surface area contributed by atoms with Crippen LogP contribution in [0.25, 0.3) is 0 Å². The van der Waals surface area contributed by atoms with Gasteiger partial charge in [-0.25, -0.2) is 4.99 Å². The molecule has 1 heterocycles. The lowest BCUT2D eigenvalue weighted by molar-refractivity contribution is 0.0168. The Balaban J connectivity index is 1.72. The minimum Gasteiger partial charge on any atom is -0.508 e. The predicted octanol–water partition coefficient (Wildman–Crippen LogP) is 2.04. The van der Waals surface area contributed by atoms with Crippen molar-refractivity contribution >= 4 is 5.96 Å². The maximum Gasteiger partial charge on any atom is 0.191 e. The minimum absolute atomic E-state index is 0.216. The van der Waals surface area contributed by atoms with Gasteiger partial charge in [0.15, 0.2) is 5.96 Å². The van der Waals surface area contributed by atoms with Crippen LogP contribution in [-0.2, 0) is 16.0 Å². The third-order valence-electron chi connectivity index (χ3n) is 4.12. The van der Waals surface area contributed by atoms with Crippen molar-refractivity contribution in [3.8, 4) is 11.5 Å². The molecule has 7 nitrogen and oxygen atoms in total. The molecule has 7 heteroatoms. The van der Waals surface area contributed by atoms with E-state index < -0.39 is 0 Å². The molecule has 0 radical (unpaired) electrons. The van der Waals surface area contributed by atoms with Gasteiger partial charge in [0.25, 0.3) is 0 Å². The molecule has 1 aliphatic heterocycles. The van der Waals surface area contributed by atoms with Crippen LogP contribution in [0.3, 0.4) is 0 Å². The summed E-state index contributed by atoms with van der Waals surface area (Å²) in [5, 5.41) is 16.4. The van der Waals surface area contributed by atoms with Crippen LogP contribution < -0.4 is 15.4 Å². The fourth-order valence-corrected chi connectivity index (χ4v) is 2.69. The molecule has 0 aromatic heterocycles. The van der Waals surface area contributed by atoms with Gasteiger partial charge in [-0.2, -0.15) is 0 Å². The Morgan fingerprint density at radius 3 is 3.00 bits per heavy atom.